The van der Waals surface area contributed by atoms with Gasteiger partial charge in [-0.25, -0.2) is 4.79 Å². The predicted molar refractivity (Wildman–Crippen MR) is 200 cm³/mol. The molecule has 53 heavy (non-hydrogen) atoms. The molecule has 290 valence electrons. The van der Waals surface area contributed by atoms with Gasteiger partial charge >= 0.3 is 6.03 Å². The molecule has 13 nitrogen and oxygen atoms in total. The number of rotatable bonds is 15. The van der Waals surface area contributed by atoms with Crippen LogP contribution in [0, 0.1) is 41.4 Å². The summed E-state index contributed by atoms with van der Waals surface area (Å²) in [5, 5.41) is 11.6. The zero-order valence-corrected chi connectivity index (χ0v) is 32.1. The quantitative estimate of drug-likeness (QED) is 0.135. The highest BCUT2D eigenvalue weighted by atomic mass is 16.5. The van der Waals surface area contributed by atoms with Crippen LogP contribution in [0.5, 0.6) is 5.75 Å². The molecule has 1 saturated heterocycles. The number of nitrogens with one attached hydrogen (secondary N) is 4. The fourth-order valence-electron chi connectivity index (χ4n) is 7.79. The number of terminal acetylenes is 1. The summed E-state index contributed by atoms with van der Waals surface area (Å²) < 4.78 is 5.22. The molecule has 0 aromatic heterocycles. The van der Waals surface area contributed by atoms with Crippen molar-refractivity contribution in [3.8, 4) is 18.1 Å². The van der Waals surface area contributed by atoms with E-state index in [1.807, 2.05) is 58.9 Å². The van der Waals surface area contributed by atoms with Crippen LogP contribution in [0.4, 0.5) is 4.79 Å². The molecule has 1 aromatic rings. The lowest BCUT2D eigenvalue weighted by atomic mass is 9.79. The van der Waals surface area contributed by atoms with E-state index < -0.39 is 64.5 Å². The average molecular weight is 735 g/mol. The minimum atomic E-state index is -1.18. The van der Waals surface area contributed by atoms with Crippen molar-refractivity contribution in [3.63, 3.8) is 0 Å². The number of benzene rings is 1. The Balaban J connectivity index is 1.56. The van der Waals surface area contributed by atoms with Crippen LogP contribution in [0.3, 0.4) is 0 Å². The van der Waals surface area contributed by atoms with Crippen molar-refractivity contribution >= 4 is 35.4 Å². The molecule has 2 aliphatic carbocycles. The summed E-state index contributed by atoms with van der Waals surface area (Å²) in [7, 11) is 1.58. The molecule has 3 fully saturated rings. The van der Waals surface area contributed by atoms with E-state index in [1.54, 1.807) is 7.11 Å². The zero-order chi connectivity index (χ0) is 39.1. The molecule has 5 atom stereocenters. The first-order chi connectivity index (χ1) is 25.0. The number of nitrogens with two attached hydrogens (primary N) is 1. The topological polar surface area (TPSA) is 189 Å². The Hall–Kier alpha value is -4.60. The Morgan fingerprint density at radius 3 is 2.17 bits per heavy atom. The van der Waals surface area contributed by atoms with Gasteiger partial charge in [-0.15, -0.1) is 12.3 Å². The van der Waals surface area contributed by atoms with Crippen LogP contribution in [0.15, 0.2) is 24.3 Å². The highest BCUT2D eigenvalue weighted by Gasteiger charge is 2.50. The summed E-state index contributed by atoms with van der Waals surface area (Å²) in [6.45, 7) is 9.79. The van der Waals surface area contributed by atoms with E-state index in [4.69, 9.17) is 16.9 Å². The molecule has 1 aromatic carbocycles. The Labute approximate surface area is 313 Å². The van der Waals surface area contributed by atoms with Crippen molar-refractivity contribution in [2.24, 2.45) is 34.8 Å². The van der Waals surface area contributed by atoms with Crippen molar-refractivity contribution < 1.29 is 33.5 Å². The molecule has 0 spiro atoms. The summed E-state index contributed by atoms with van der Waals surface area (Å²) in [5.41, 5.74) is 4.23. The van der Waals surface area contributed by atoms with Gasteiger partial charge in [0.25, 0.3) is 5.91 Å². The summed E-state index contributed by atoms with van der Waals surface area (Å²) >= 11 is 0. The van der Waals surface area contributed by atoms with Crippen molar-refractivity contribution in [1.29, 1.82) is 0 Å². The minimum Gasteiger partial charge on any atom is -0.497 e. The number of likely N-dealkylation sites (tertiary alicyclic amines) is 1. The standard InChI is InChI=1S/C40H58N6O7/c1-8-28(24(2)3)29-18-21-46(31(29)35(49)43-30(22-25-12-13-25)32(47)34(41)48)36(50)33(39(4,5)6)44-38(52)45-40(19-10-9-11-20-40)37(51)42-23-26-14-16-27(53-7)17-15-26/h1,14-17,24-25,28-31,33H,9-13,18-23H2,2-7H3,(H2,41,48)(H,42,51)(H,43,49)(H2,44,45,52)/t28?,29-,30?,31+,33-/m1/s1. The number of methoxy groups -OCH3 is 1. The number of amides is 6. The first-order valence-electron chi connectivity index (χ1n) is 18.9. The maximum absolute atomic E-state index is 14.6. The zero-order valence-electron chi connectivity index (χ0n) is 32.1. The Morgan fingerprint density at radius 2 is 1.64 bits per heavy atom. The monoisotopic (exact) mass is 734 g/mol. The van der Waals surface area contributed by atoms with Gasteiger partial charge in [0, 0.05) is 24.9 Å². The SMILES string of the molecule is C#CC(C(C)C)[C@H]1CCN(C(=O)[C@@H](NC(=O)NC2(C(=O)NCc3ccc(OC)cc3)CCCCC2)C(C)(C)C)[C@@H]1C(=O)NC(CC1CC1)C(=O)C(N)=O. The van der Waals surface area contributed by atoms with Gasteiger partial charge in [-0.3, -0.25) is 24.0 Å². The fourth-order valence-corrected chi connectivity index (χ4v) is 7.79. The van der Waals surface area contributed by atoms with E-state index in [1.165, 1.54) is 4.90 Å². The van der Waals surface area contributed by atoms with Crippen LogP contribution < -0.4 is 31.7 Å². The minimum absolute atomic E-state index is 0.0188. The number of nitrogens with zero attached hydrogens (tertiary/aromatic N) is 1. The van der Waals surface area contributed by atoms with E-state index in [0.717, 1.165) is 37.7 Å². The Morgan fingerprint density at radius 1 is 1.00 bits per heavy atom. The van der Waals surface area contributed by atoms with Crippen LogP contribution in [-0.4, -0.2) is 77.7 Å². The lowest BCUT2D eigenvalue weighted by Crippen LogP contribution is -2.65. The molecular formula is C40H58N6O7. The molecule has 1 aliphatic heterocycles. The average Bonchev–Trinajstić information content (AvgIpc) is 3.83. The number of carbonyl (C=O) groups is 6. The molecule has 0 bridgehead atoms. The maximum Gasteiger partial charge on any atom is 0.316 e. The Bertz CT molecular complexity index is 1550. The number of Topliss-reactive ketones (excluding diaryl/α,β-unsaturated/α-hetero) is 1. The van der Waals surface area contributed by atoms with Crippen molar-refractivity contribution in [2.75, 3.05) is 13.7 Å². The first kappa shape index (κ1) is 41.2. The summed E-state index contributed by atoms with van der Waals surface area (Å²) in [4.78, 5) is 82.6. The van der Waals surface area contributed by atoms with Gasteiger partial charge in [0.2, 0.25) is 23.5 Å². The smallest absolute Gasteiger partial charge is 0.316 e. The van der Waals surface area contributed by atoms with Gasteiger partial charge in [-0.05, 0) is 60.6 Å². The molecule has 1 heterocycles. The number of carbonyl (C=O) groups excluding carboxylic acids is 6. The third-order valence-corrected chi connectivity index (χ3v) is 11.0. The van der Waals surface area contributed by atoms with Gasteiger partial charge in [-0.2, -0.15) is 0 Å². The summed E-state index contributed by atoms with van der Waals surface area (Å²) in [5.74, 6) is -0.517. The molecular weight excluding hydrogens is 676 g/mol. The van der Waals surface area contributed by atoms with Crippen molar-refractivity contribution in [2.45, 2.75) is 123 Å². The van der Waals surface area contributed by atoms with E-state index in [-0.39, 0.29) is 43.2 Å². The lowest BCUT2D eigenvalue weighted by molar-refractivity contribution is -0.144. The molecule has 4 rings (SSSR count). The van der Waals surface area contributed by atoms with Gasteiger partial charge < -0.3 is 36.6 Å². The highest BCUT2D eigenvalue weighted by Crippen LogP contribution is 2.38. The summed E-state index contributed by atoms with van der Waals surface area (Å²) in [6, 6.07) is 3.40. The number of primary amides is 1. The molecule has 6 amide bonds. The molecule has 0 radical (unpaired) electrons. The van der Waals surface area contributed by atoms with Crippen molar-refractivity contribution in [3.05, 3.63) is 29.8 Å². The number of hydrogen-bond acceptors (Lipinski definition) is 7. The second-order valence-corrected chi connectivity index (χ2v) is 16.4. The van der Waals surface area contributed by atoms with Crippen LogP contribution in [0.25, 0.3) is 0 Å². The van der Waals surface area contributed by atoms with Crippen LogP contribution in [0.1, 0.15) is 98.0 Å². The van der Waals surface area contributed by atoms with Gasteiger partial charge in [0.15, 0.2) is 0 Å². The van der Waals surface area contributed by atoms with Gasteiger partial charge in [0.05, 0.1) is 13.2 Å². The number of ketones is 1. The van der Waals surface area contributed by atoms with Crippen LogP contribution >= 0.6 is 0 Å². The number of hydrogen-bond donors (Lipinski definition) is 5. The normalized spacial score (nSPS) is 21.4. The van der Waals surface area contributed by atoms with Crippen molar-refractivity contribution in [1.82, 2.24) is 26.2 Å². The van der Waals surface area contributed by atoms with Crippen LogP contribution in [0.2, 0.25) is 0 Å². The Kier molecular flexibility index (Phi) is 13.6. The van der Waals surface area contributed by atoms with E-state index in [9.17, 15) is 28.8 Å². The van der Waals surface area contributed by atoms with E-state index in [0.29, 0.717) is 25.0 Å². The van der Waals surface area contributed by atoms with Crippen LogP contribution in [-0.2, 0) is 30.5 Å². The molecule has 3 aliphatic rings. The third kappa shape index (κ3) is 10.3. The molecule has 2 unspecified atom stereocenters. The predicted octanol–water partition coefficient (Wildman–Crippen LogP) is 3.19. The lowest BCUT2D eigenvalue weighted by Gasteiger charge is -2.39. The number of urea groups is 1. The second kappa shape index (κ2) is 17.5. The van der Waals surface area contributed by atoms with Gasteiger partial charge in [-0.1, -0.05) is 78.9 Å². The fraction of sp³-hybridized carbons (Fsp3) is 0.650. The van der Waals surface area contributed by atoms with E-state index >= 15 is 0 Å². The highest BCUT2D eigenvalue weighted by molar-refractivity contribution is 6.37. The first-order valence-corrected chi connectivity index (χ1v) is 18.9. The largest absolute Gasteiger partial charge is 0.497 e. The number of ether oxygens (including phenoxy) is 1. The van der Waals surface area contributed by atoms with E-state index in [2.05, 4.69) is 27.2 Å². The molecule has 2 saturated carbocycles. The molecule has 13 heteroatoms. The molecule has 6 N–H and O–H groups in total. The summed E-state index contributed by atoms with van der Waals surface area (Å²) in [6.07, 6.45) is 11.8. The maximum atomic E-state index is 14.6. The third-order valence-electron chi connectivity index (χ3n) is 11.0. The second-order valence-electron chi connectivity index (χ2n) is 16.4. The van der Waals surface area contributed by atoms with Gasteiger partial charge in [0.1, 0.15) is 23.4 Å².